The Labute approximate surface area is 139 Å². The van der Waals surface area contributed by atoms with E-state index in [1.807, 2.05) is 11.4 Å². The molecule has 3 rings (SSSR count). The molecule has 124 valence electrons. The minimum absolute atomic E-state index is 0.0656. The molecule has 2 aromatic rings. The monoisotopic (exact) mass is 335 g/mol. The molecule has 23 heavy (non-hydrogen) atoms. The lowest BCUT2D eigenvalue weighted by molar-refractivity contribution is 0.0468. The van der Waals surface area contributed by atoms with Crippen LogP contribution in [0.2, 0.25) is 0 Å². The second kappa shape index (κ2) is 7.23. The molecule has 1 N–H and O–H groups in total. The van der Waals surface area contributed by atoms with Crippen molar-refractivity contribution in [1.29, 1.82) is 0 Å². The number of thiophene rings is 1. The van der Waals surface area contributed by atoms with Crippen molar-refractivity contribution in [3.8, 4) is 0 Å². The first kappa shape index (κ1) is 16.1. The second-order valence-corrected chi connectivity index (χ2v) is 6.63. The van der Waals surface area contributed by atoms with Crippen molar-refractivity contribution in [2.24, 2.45) is 5.92 Å². The fourth-order valence-corrected chi connectivity index (χ4v) is 3.79. The van der Waals surface area contributed by atoms with E-state index in [1.54, 1.807) is 6.92 Å². The van der Waals surface area contributed by atoms with Crippen LogP contribution in [-0.2, 0) is 11.2 Å². The van der Waals surface area contributed by atoms with E-state index in [4.69, 9.17) is 9.26 Å². The first-order valence-electron chi connectivity index (χ1n) is 7.94. The van der Waals surface area contributed by atoms with Crippen LogP contribution in [0.15, 0.2) is 16.0 Å². The Balaban J connectivity index is 1.82. The molecule has 0 saturated carbocycles. The van der Waals surface area contributed by atoms with Gasteiger partial charge in [0.25, 0.3) is 5.91 Å². The largest absolute Gasteiger partial charge is 0.381 e. The molecule has 0 unspecified atom stereocenters. The first-order valence-corrected chi connectivity index (χ1v) is 8.82. The fourth-order valence-electron chi connectivity index (χ4n) is 2.89. The van der Waals surface area contributed by atoms with Gasteiger partial charge in [-0.15, -0.1) is 11.3 Å². The van der Waals surface area contributed by atoms with Gasteiger partial charge in [-0.1, -0.05) is 12.1 Å². The van der Waals surface area contributed by atoms with E-state index in [9.17, 15) is 4.79 Å². The number of hydrogen-bond donors (Lipinski definition) is 1. The Bertz CT molecular complexity index is 661. The minimum Gasteiger partial charge on any atom is -0.381 e. The molecular formula is C16H21N3O3S. The molecule has 1 fully saturated rings. The van der Waals surface area contributed by atoms with Crippen LogP contribution in [0.5, 0.6) is 0 Å². The number of nitrogens with zero attached hydrogens (tertiary/aromatic N) is 2. The van der Waals surface area contributed by atoms with Crippen LogP contribution in [0, 0.1) is 12.8 Å². The molecule has 0 radical (unpaired) electrons. The van der Waals surface area contributed by atoms with Gasteiger partial charge in [-0.2, -0.15) is 4.98 Å². The summed E-state index contributed by atoms with van der Waals surface area (Å²) in [6.45, 7) is 5.23. The van der Waals surface area contributed by atoms with Crippen molar-refractivity contribution >= 4 is 17.2 Å². The highest BCUT2D eigenvalue weighted by Gasteiger charge is 2.32. The summed E-state index contributed by atoms with van der Waals surface area (Å²) in [7, 11) is 0. The maximum absolute atomic E-state index is 12.7. The third kappa shape index (κ3) is 3.61. The van der Waals surface area contributed by atoms with Gasteiger partial charge in [-0.3, -0.25) is 4.79 Å². The van der Waals surface area contributed by atoms with Gasteiger partial charge in [0.05, 0.1) is 4.88 Å². The summed E-state index contributed by atoms with van der Waals surface area (Å²) in [5, 5.41) is 8.94. The summed E-state index contributed by atoms with van der Waals surface area (Å²) in [4.78, 5) is 17.8. The van der Waals surface area contributed by atoms with Gasteiger partial charge >= 0.3 is 0 Å². The fraction of sp³-hybridized carbons (Fsp3) is 0.562. The Morgan fingerprint density at radius 2 is 2.26 bits per heavy atom. The lowest BCUT2D eigenvalue weighted by Gasteiger charge is -2.28. The highest BCUT2D eigenvalue weighted by molar-refractivity contribution is 7.12. The van der Waals surface area contributed by atoms with E-state index in [0.29, 0.717) is 24.9 Å². The second-order valence-electron chi connectivity index (χ2n) is 5.71. The van der Waals surface area contributed by atoms with Crippen LogP contribution in [0.25, 0.3) is 0 Å². The van der Waals surface area contributed by atoms with Crippen LogP contribution in [-0.4, -0.2) is 29.3 Å². The van der Waals surface area contributed by atoms with E-state index in [2.05, 4.69) is 22.4 Å². The summed E-state index contributed by atoms with van der Waals surface area (Å²) in [6.07, 6.45) is 2.59. The van der Waals surface area contributed by atoms with E-state index in [0.717, 1.165) is 29.7 Å². The van der Waals surface area contributed by atoms with Gasteiger partial charge in [-0.25, -0.2) is 0 Å². The van der Waals surface area contributed by atoms with Crippen molar-refractivity contribution in [3.63, 3.8) is 0 Å². The molecule has 0 aromatic carbocycles. The van der Waals surface area contributed by atoms with Gasteiger partial charge < -0.3 is 14.6 Å². The first-order chi connectivity index (χ1) is 11.2. The Morgan fingerprint density at radius 1 is 1.48 bits per heavy atom. The quantitative estimate of drug-likeness (QED) is 0.909. The molecule has 0 bridgehead atoms. The zero-order valence-corrected chi connectivity index (χ0v) is 14.2. The number of hydrogen-bond acceptors (Lipinski definition) is 6. The van der Waals surface area contributed by atoms with E-state index < -0.39 is 0 Å². The number of ether oxygens (including phenoxy) is 1. The van der Waals surface area contributed by atoms with Crippen LogP contribution < -0.4 is 5.32 Å². The van der Waals surface area contributed by atoms with Crippen molar-refractivity contribution < 1.29 is 14.1 Å². The zero-order chi connectivity index (χ0) is 16.2. The third-order valence-corrected chi connectivity index (χ3v) is 5.12. The van der Waals surface area contributed by atoms with Crippen molar-refractivity contribution in [1.82, 2.24) is 15.5 Å². The van der Waals surface area contributed by atoms with Gasteiger partial charge in [0.1, 0.15) is 6.04 Å². The van der Waals surface area contributed by atoms with Crippen molar-refractivity contribution in [2.75, 3.05) is 13.2 Å². The van der Waals surface area contributed by atoms with Crippen LogP contribution >= 0.6 is 11.3 Å². The number of carbonyl (C=O) groups is 1. The predicted octanol–water partition coefficient (Wildman–Crippen LogP) is 2.90. The van der Waals surface area contributed by atoms with Gasteiger partial charge in [-0.05, 0) is 49.1 Å². The summed E-state index contributed by atoms with van der Waals surface area (Å²) in [6, 6.07) is 1.74. The van der Waals surface area contributed by atoms with E-state index in [1.165, 1.54) is 11.3 Å². The molecule has 0 spiro atoms. The number of aryl methyl sites for hydroxylation is 2. The minimum atomic E-state index is -0.264. The van der Waals surface area contributed by atoms with Gasteiger partial charge in [0.2, 0.25) is 5.89 Å². The van der Waals surface area contributed by atoms with Crippen molar-refractivity contribution in [3.05, 3.63) is 33.6 Å². The molecule has 3 heterocycles. The number of rotatable bonds is 5. The standard InChI is InChI=1S/C16H21N3O3S/c1-3-11-6-9-23-14(11)15(20)18-13(12-4-7-21-8-5-12)16-17-10(2)19-22-16/h6,9,12-13H,3-5,7-8H2,1-2H3,(H,18,20)/t13-/m1/s1. The van der Waals surface area contributed by atoms with Crippen LogP contribution in [0.1, 0.15) is 52.8 Å². The number of carbonyl (C=O) groups excluding carboxylic acids is 1. The van der Waals surface area contributed by atoms with Crippen molar-refractivity contribution in [2.45, 2.75) is 39.2 Å². The Hall–Kier alpha value is -1.73. The molecule has 1 aliphatic rings. The average Bonchev–Trinajstić information content (AvgIpc) is 3.21. The summed E-state index contributed by atoms with van der Waals surface area (Å²) >= 11 is 1.47. The van der Waals surface area contributed by atoms with E-state index >= 15 is 0 Å². The summed E-state index contributed by atoms with van der Waals surface area (Å²) in [5.41, 5.74) is 1.07. The Morgan fingerprint density at radius 3 is 2.91 bits per heavy atom. The Kier molecular flexibility index (Phi) is 5.07. The average molecular weight is 335 g/mol. The highest BCUT2D eigenvalue weighted by Crippen LogP contribution is 2.30. The van der Waals surface area contributed by atoms with Gasteiger partial charge in [0, 0.05) is 13.2 Å². The lowest BCUT2D eigenvalue weighted by atomic mass is 9.91. The van der Waals surface area contributed by atoms with Crippen LogP contribution in [0.4, 0.5) is 0 Å². The topological polar surface area (TPSA) is 77.3 Å². The van der Waals surface area contributed by atoms with Gasteiger partial charge in [0.15, 0.2) is 5.82 Å². The molecule has 7 heteroatoms. The molecule has 1 aliphatic heterocycles. The summed E-state index contributed by atoms with van der Waals surface area (Å²) in [5.74, 6) is 1.25. The lowest BCUT2D eigenvalue weighted by Crippen LogP contribution is -2.36. The highest BCUT2D eigenvalue weighted by atomic mass is 32.1. The molecule has 2 aromatic heterocycles. The molecular weight excluding hydrogens is 314 g/mol. The number of amides is 1. The number of nitrogens with one attached hydrogen (secondary N) is 1. The maximum Gasteiger partial charge on any atom is 0.262 e. The third-order valence-electron chi connectivity index (χ3n) is 4.17. The zero-order valence-electron chi connectivity index (χ0n) is 13.4. The summed E-state index contributed by atoms with van der Waals surface area (Å²) < 4.78 is 10.8. The molecule has 1 atom stereocenters. The molecule has 6 nitrogen and oxygen atoms in total. The molecule has 1 amide bonds. The molecule has 0 aliphatic carbocycles. The maximum atomic E-state index is 12.7. The SMILES string of the molecule is CCc1ccsc1C(=O)N[C@@H](c1nc(C)no1)C1CCOCC1. The smallest absolute Gasteiger partial charge is 0.262 e. The van der Waals surface area contributed by atoms with E-state index in [-0.39, 0.29) is 17.9 Å². The normalized spacial score (nSPS) is 17.1. The molecule has 1 saturated heterocycles. The predicted molar refractivity (Wildman–Crippen MR) is 86.5 cm³/mol. The van der Waals surface area contributed by atoms with Crippen LogP contribution in [0.3, 0.4) is 0 Å². The number of aromatic nitrogens is 2.